The van der Waals surface area contributed by atoms with Gasteiger partial charge in [-0.05, 0) is 19.4 Å². The van der Waals surface area contributed by atoms with Crippen LogP contribution >= 0.6 is 11.6 Å². The predicted molar refractivity (Wildman–Crippen MR) is 43.6 cm³/mol. The van der Waals surface area contributed by atoms with Crippen molar-refractivity contribution in [2.45, 2.75) is 13.8 Å². The van der Waals surface area contributed by atoms with Crippen molar-refractivity contribution in [3.63, 3.8) is 0 Å². The standard InChI is InChI=1S/C8H11Cl/c1-4-6-7(3)8(9)5-2/h4-6H,2H2,1,3H3/b6-4-,8-7+. The Hall–Kier alpha value is -0.490. The molecule has 0 unspecified atom stereocenters. The summed E-state index contributed by atoms with van der Waals surface area (Å²) in [6, 6.07) is 0. The molecule has 0 atom stereocenters. The summed E-state index contributed by atoms with van der Waals surface area (Å²) < 4.78 is 0. The molecule has 0 saturated carbocycles. The normalized spacial score (nSPS) is 13.7. The fourth-order valence-electron chi connectivity index (χ4n) is 0.491. The van der Waals surface area contributed by atoms with Crippen molar-refractivity contribution < 1.29 is 0 Å². The first-order chi connectivity index (χ1) is 4.22. The lowest BCUT2D eigenvalue weighted by molar-refractivity contribution is 1.48. The van der Waals surface area contributed by atoms with E-state index in [0.29, 0.717) is 5.03 Å². The quantitative estimate of drug-likeness (QED) is 0.520. The van der Waals surface area contributed by atoms with E-state index in [1.807, 2.05) is 26.0 Å². The van der Waals surface area contributed by atoms with Crippen molar-refractivity contribution in [2.24, 2.45) is 0 Å². The highest BCUT2D eigenvalue weighted by atomic mass is 35.5. The molecule has 0 bridgehead atoms. The molecule has 0 aromatic heterocycles. The van der Waals surface area contributed by atoms with Crippen molar-refractivity contribution in [1.29, 1.82) is 0 Å². The van der Waals surface area contributed by atoms with Gasteiger partial charge in [0.05, 0.1) is 0 Å². The first-order valence-corrected chi connectivity index (χ1v) is 3.21. The predicted octanol–water partition coefficient (Wildman–Crippen LogP) is 3.26. The van der Waals surface area contributed by atoms with Crippen LogP contribution in [0, 0.1) is 0 Å². The van der Waals surface area contributed by atoms with Crippen LogP contribution in [0.5, 0.6) is 0 Å². The molecule has 0 aliphatic carbocycles. The van der Waals surface area contributed by atoms with Crippen molar-refractivity contribution >= 4 is 11.6 Å². The van der Waals surface area contributed by atoms with E-state index in [1.165, 1.54) is 0 Å². The van der Waals surface area contributed by atoms with Gasteiger partial charge >= 0.3 is 0 Å². The summed E-state index contributed by atoms with van der Waals surface area (Å²) in [4.78, 5) is 0. The maximum absolute atomic E-state index is 5.70. The van der Waals surface area contributed by atoms with Crippen molar-refractivity contribution in [2.75, 3.05) is 0 Å². The molecule has 0 aliphatic rings. The van der Waals surface area contributed by atoms with Crippen molar-refractivity contribution in [3.8, 4) is 0 Å². The zero-order chi connectivity index (χ0) is 7.28. The lowest BCUT2D eigenvalue weighted by atomic mass is 10.2. The Morgan fingerprint density at radius 1 is 1.56 bits per heavy atom. The van der Waals surface area contributed by atoms with Gasteiger partial charge in [-0.25, -0.2) is 0 Å². The third-order valence-electron chi connectivity index (χ3n) is 0.973. The number of hydrogen-bond donors (Lipinski definition) is 0. The zero-order valence-electron chi connectivity index (χ0n) is 5.82. The SMILES string of the molecule is C=C/C(Cl)=C(C)\C=C/C. The van der Waals surface area contributed by atoms with Gasteiger partial charge < -0.3 is 0 Å². The molecule has 1 heteroatoms. The molecule has 0 saturated heterocycles. The molecular weight excluding hydrogens is 132 g/mol. The molecule has 0 aliphatic heterocycles. The first kappa shape index (κ1) is 8.51. The molecule has 9 heavy (non-hydrogen) atoms. The Morgan fingerprint density at radius 2 is 2.11 bits per heavy atom. The second-order valence-electron chi connectivity index (χ2n) is 1.74. The summed E-state index contributed by atoms with van der Waals surface area (Å²) in [5.41, 5.74) is 1.05. The maximum Gasteiger partial charge on any atom is 0.0429 e. The van der Waals surface area contributed by atoms with E-state index in [9.17, 15) is 0 Å². The van der Waals surface area contributed by atoms with Crippen LogP contribution in [0.4, 0.5) is 0 Å². The van der Waals surface area contributed by atoms with Crippen LogP contribution in [-0.4, -0.2) is 0 Å². The van der Waals surface area contributed by atoms with Crippen LogP contribution in [0.3, 0.4) is 0 Å². The largest absolute Gasteiger partial charge is 0.0976 e. The van der Waals surface area contributed by atoms with Gasteiger partial charge in [-0.2, -0.15) is 0 Å². The van der Waals surface area contributed by atoms with E-state index in [1.54, 1.807) is 6.08 Å². The summed E-state index contributed by atoms with van der Waals surface area (Å²) in [5, 5.41) is 0.716. The minimum atomic E-state index is 0.716. The molecule has 0 heterocycles. The highest BCUT2D eigenvalue weighted by Gasteiger charge is 1.86. The third kappa shape index (κ3) is 3.15. The summed E-state index contributed by atoms with van der Waals surface area (Å²) in [6.45, 7) is 7.44. The minimum Gasteiger partial charge on any atom is -0.0976 e. The lowest BCUT2D eigenvalue weighted by Gasteiger charge is -1.91. The van der Waals surface area contributed by atoms with Gasteiger partial charge in [0.2, 0.25) is 0 Å². The molecule has 0 rings (SSSR count). The van der Waals surface area contributed by atoms with Gasteiger partial charge in [0.1, 0.15) is 0 Å². The van der Waals surface area contributed by atoms with Gasteiger partial charge in [0.15, 0.2) is 0 Å². The van der Waals surface area contributed by atoms with E-state index in [4.69, 9.17) is 11.6 Å². The van der Waals surface area contributed by atoms with E-state index in [-0.39, 0.29) is 0 Å². The summed E-state index contributed by atoms with van der Waals surface area (Å²) in [5.74, 6) is 0. The highest BCUT2D eigenvalue weighted by molar-refractivity contribution is 6.31. The average Bonchev–Trinajstić information content (AvgIpc) is 1.87. The van der Waals surface area contributed by atoms with E-state index in [2.05, 4.69) is 6.58 Å². The van der Waals surface area contributed by atoms with Gasteiger partial charge in [0, 0.05) is 5.03 Å². The van der Waals surface area contributed by atoms with Crippen molar-refractivity contribution in [1.82, 2.24) is 0 Å². The van der Waals surface area contributed by atoms with Gasteiger partial charge in [-0.3, -0.25) is 0 Å². The monoisotopic (exact) mass is 142 g/mol. The van der Waals surface area contributed by atoms with Gasteiger partial charge in [-0.15, -0.1) is 0 Å². The first-order valence-electron chi connectivity index (χ1n) is 2.84. The van der Waals surface area contributed by atoms with E-state index < -0.39 is 0 Å². The topological polar surface area (TPSA) is 0 Å². The molecule has 50 valence electrons. The molecule has 0 nitrogen and oxygen atoms in total. The molecule has 0 N–H and O–H groups in total. The molecule has 0 aromatic rings. The number of hydrogen-bond acceptors (Lipinski definition) is 0. The fraction of sp³-hybridized carbons (Fsp3) is 0.250. The van der Waals surface area contributed by atoms with Crippen molar-refractivity contribution in [3.05, 3.63) is 35.4 Å². The summed E-state index contributed by atoms with van der Waals surface area (Å²) in [6.07, 6.45) is 5.53. The van der Waals surface area contributed by atoms with Crippen LogP contribution in [0.25, 0.3) is 0 Å². The zero-order valence-corrected chi connectivity index (χ0v) is 6.57. The lowest BCUT2D eigenvalue weighted by Crippen LogP contribution is -1.69. The van der Waals surface area contributed by atoms with Crippen LogP contribution in [0.15, 0.2) is 35.4 Å². The van der Waals surface area contributed by atoms with Crippen LogP contribution in [-0.2, 0) is 0 Å². The summed E-state index contributed by atoms with van der Waals surface area (Å²) in [7, 11) is 0. The Labute approximate surface area is 61.5 Å². The number of halogens is 1. The smallest absolute Gasteiger partial charge is 0.0429 e. The molecule has 0 aromatic carbocycles. The second kappa shape index (κ2) is 4.39. The van der Waals surface area contributed by atoms with Crippen LogP contribution < -0.4 is 0 Å². The Balaban J connectivity index is 4.27. The minimum absolute atomic E-state index is 0.716. The van der Waals surface area contributed by atoms with E-state index in [0.717, 1.165) is 5.57 Å². The average molecular weight is 143 g/mol. The maximum atomic E-state index is 5.70. The Morgan fingerprint density at radius 3 is 2.44 bits per heavy atom. The molecule has 0 spiro atoms. The highest BCUT2D eigenvalue weighted by Crippen LogP contribution is 2.10. The summed E-state index contributed by atoms with van der Waals surface area (Å²) >= 11 is 5.70. The third-order valence-corrected chi connectivity index (χ3v) is 1.42. The number of rotatable bonds is 2. The molecule has 0 amide bonds. The molecule has 0 radical (unpaired) electrons. The second-order valence-corrected chi connectivity index (χ2v) is 2.14. The Bertz CT molecular complexity index is 152. The molecular formula is C8H11Cl. The number of allylic oxidation sites excluding steroid dienone is 5. The fourth-order valence-corrected chi connectivity index (χ4v) is 0.554. The van der Waals surface area contributed by atoms with Gasteiger partial charge in [-0.1, -0.05) is 36.4 Å². The molecule has 0 fully saturated rings. The van der Waals surface area contributed by atoms with E-state index >= 15 is 0 Å². The Kier molecular flexibility index (Phi) is 4.16. The van der Waals surface area contributed by atoms with Crippen LogP contribution in [0.2, 0.25) is 0 Å². The van der Waals surface area contributed by atoms with Crippen LogP contribution in [0.1, 0.15) is 13.8 Å². The van der Waals surface area contributed by atoms with Gasteiger partial charge in [0.25, 0.3) is 0 Å².